The molecule has 5 aromatic rings. The first-order valence-electron chi connectivity index (χ1n) is 11.3. The maximum atomic E-state index is 13.7. The van der Waals surface area contributed by atoms with E-state index < -0.39 is 9.84 Å². The highest BCUT2D eigenvalue weighted by Gasteiger charge is 2.32. The minimum Gasteiger partial charge on any atom is -0.463 e. The van der Waals surface area contributed by atoms with Crippen molar-refractivity contribution in [3.8, 4) is 11.5 Å². The van der Waals surface area contributed by atoms with Crippen LogP contribution in [0.3, 0.4) is 0 Å². The lowest BCUT2D eigenvalue weighted by Crippen LogP contribution is -2.15. The van der Waals surface area contributed by atoms with Crippen molar-refractivity contribution in [1.82, 2.24) is 14.8 Å². The Morgan fingerprint density at radius 2 is 1.94 bits per heavy atom. The van der Waals surface area contributed by atoms with E-state index in [0.29, 0.717) is 45.9 Å². The largest absolute Gasteiger partial charge is 0.463 e. The van der Waals surface area contributed by atoms with E-state index in [-0.39, 0.29) is 23.5 Å². The van der Waals surface area contributed by atoms with Crippen molar-refractivity contribution >= 4 is 43.2 Å². The molecule has 0 radical (unpaired) electrons. The molecule has 0 spiro atoms. The first-order valence-corrected chi connectivity index (χ1v) is 13.1. The highest BCUT2D eigenvalue weighted by atomic mass is 32.2. The van der Waals surface area contributed by atoms with Crippen LogP contribution in [0, 0.1) is 6.92 Å². The molecule has 6 rings (SSSR count). The Morgan fingerprint density at radius 1 is 1.11 bits per heavy atom. The maximum absolute atomic E-state index is 13.7. The Morgan fingerprint density at radius 3 is 2.71 bits per heavy atom. The van der Waals surface area contributed by atoms with Crippen LogP contribution < -0.4 is 5.32 Å². The number of fused-ring (bicyclic) bond motifs is 2. The number of pyridine rings is 1. The zero-order valence-corrected chi connectivity index (χ0v) is 19.7. The third kappa shape index (κ3) is 3.77. The Hall–Kier alpha value is -3.98. The second kappa shape index (κ2) is 8.06. The molecule has 1 unspecified atom stereocenters. The monoisotopic (exact) mass is 486 g/mol. The van der Waals surface area contributed by atoms with E-state index >= 15 is 0 Å². The molecule has 3 aromatic heterocycles. The number of nitrogens with one attached hydrogen (secondary N) is 1. The van der Waals surface area contributed by atoms with Crippen molar-refractivity contribution in [3.05, 3.63) is 78.2 Å². The van der Waals surface area contributed by atoms with Gasteiger partial charge in [0.15, 0.2) is 21.2 Å². The second-order valence-electron chi connectivity index (χ2n) is 8.80. The van der Waals surface area contributed by atoms with Gasteiger partial charge in [0.1, 0.15) is 5.69 Å². The number of furan rings is 1. The molecular formula is C26H22N4O4S. The van der Waals surface area contributed by atoms with Gasteiger partial charge in [-0.1, -0.05) is 36.4 Å². The maximum Gasteiger partial charge on any atom is 0.256 e. The van der Waals surface area contributed by atoms with Crippen LogP contribution in [0.1, 0.15) is 28.5 Å². The first kappa shape index (κ1) is 21.5. The lowest BCUT2D eigenvalue weighted by Gasteiger charge is -2.12. The molecule has 2 aromatic carbocycles. The number of aromatic nitrogens is 3. The van der Waals surface area contributed by atoms with Crippen LogP contribution in [0.25, 0.3) is 33.3 Å². The molecule has 4 heterocycles. The lowest BCUT2D eigenvalue weighted by molar-refractivity contribution is 0.102. The van der Waals surface area contributed by atoms with Crippen LogP contribution in [-0.2, 0) is 9.84 Å². The summed E-state index contributed by atoms with van der Waals surface area (Å²) in [5.41, 5.74) is 2.67. The average Bonchev–Trinajstić information content (AvgIpc) is 3.58. The number of hydrogen-bond acceptors (Lipinski definition) is 6. The topological polar surface area (TPSA) is 107 Å². The van der Waals surface area contributed by atoms with E-state index in [1.807, 2.05) is 49.4 Å². The molecule has 1 amide bonds. The van der Waals surface area contributed by atoms with Gasteiger partial charge in [0.05, 0.1) is 40.5 Å². The minimum absolute atomic E-state index is 0.00736. The molecule has 1 fully saturated rings. The van der Waals surface area contributed by atoms with Crippen molar-refractivity contribution in [2.45, 2.75) is 19.4 Å². The summed E-state index contributed by atoms with van der Waals surface area (Å²) in [5, 5.41) is 10.2. The van der Waals surface area contributed by atoms with Crippen LogP contribution in [0.2, 0.25) is 0 Å². The van der Waals surface area contributed by atoms with E-state index in [2.05, 4.69) is 10.4 Å². The molecule has 1 saturated heterocycles. The first-order chi connectivity index (χ1) is 16.9. The zero-order chi connectivity index (χ0) is 24.2. The van der Waals surface area contributed by atoms with E-state index in [0.717, 1.165) is 10.8 Å². The second-order valence-corrected chi connectivity index (χ2v) is 11.0. The highest BCUT2D eigenvalue weighted by Crippen LogP contribution is 2.33. The SMILES string of the molecule is Cc1nn(C2CCS(=O)(=O)C2)c2nc(-c3ccco3)cc(C(=O)Nc3cccc4ccccc34)c12. The average molecular weight is 487 g/mol. The summed E-state index contributed by atoms with van der Waals surface area (Å²) in [4.78, 5) is 18.4. The van der Waals surface area contributed by atoms with Crippen molar-refractivity contribution in [3.63, 3.8) is 0 Å². The number of hydrogen-bond donors (Lipinski definition) is 1. The van der Waals surface area contributed by atoms with Crippen LogP contribution in [0.15, 0.2) is 71.3 Å². The van der Waals surface area contributed by atoms with E-state index in [9.17, 15) is 13.2 Å². The van der Waals surface area contributed by atoms with Gasteiger partial charge in [-0.05, 0) is 43.0 Å². The molecule has 176 valence electrons. The normalized spacial score (nSPS) is 17.2. The summed E-state index contributed by atoms with van der Waals surface area (Å²) < 4.78 is 31.5. The molecule has 1 aliphatic rings. The number of sulfone groups is 1. The third-order valence-electron chi connectivity index (χ3n) is 6.45. The number of rotatable bonds is 4. The van der Waals surface area contributed by atoms with E-state index in [1.165, 1.54) is 0 Å². The minimum atomic E-state index is -3.13. The Bertz CT molecular complexity index is 1700. The van der Waals surface area contributed by atoms with Gasteiger partial charge in [-0.3, -0.25) is 4.79 Å². The molecule has 1 aliphatic heterocycles. The summed E-state index contributed by atoms with van der Waals surface area (Å²) in [6, 6.07) is 18.5. The zero-order valence-electron chi connectivity index (χ0n) is 18.9. The quantitative estimate of drug-likeness (QED) is 0.392. The fourth-order valence-electron chi connectivity index (χ4n) is 4.79. The van der Waals surface area contributed by atoms with Crippen molar-refractivity contribution in [2.24, 2.45) is 0 Å². The number of aryl methyl sites for hydroxylation is 1. The number of nitrogens with zero attached hydrogens (tertiary/aromatic N) is 3. The lowest BCUT2D eigenvalue weighted by atomic mass is 10.1. The number of carbonyl (C=O) groups excluding carboxylic acids is 1. The smallest absolute Gasteiger partial charge is 0.256 e. The Balaban J connectivity index is 1.51. The fraction of sp³-hybridized carbons (Fsp3) is 0.192. The standard InChI is InChI=1S/C26H22N4O4S/c1-16-24-20(26(31)28-21-9-4-7-17-6-2-3-8-19(17)21)14-22(23-10-5-12-34-23)27-25(24)30(29-16)18-11-13-35(32,33)15-18/h2-10,12,14,18H,11,13,15H2,1H3,(H,28,31). The molecular weight excluding hydrogens is 464 g/mol. The summed E-state index contributed by atoms with van der Waals surface area (Å²) >= 11 is 0. The van der Waals surface area contributed by atoms with Crippen LogP contribution in [0.5, 0.6) is 0 Å². The summed E-state index contributed by atoms with van der Waals surface area (Å²) in [5.74, 6) is 0.330. The molecule has 0 aliphatic carbocycles. The van der Waals surface area contributed by atoms with E-state index in [1.54, 1.807) is 29.1 Å². The van der Waals surface area contributed by atoms with Crippen molar-refractivity contribution < 1.29 is 17.6 Å². The van der Waals surface area contributed by atoms with Gasteiger partial charge in [0.2, 0.25) is 0 Å². The predicted molar refractivity (Wildman–Crippen MR) is 134 cm³/mol. The third-order valence-corrected chi connectivity index (χ3v) is 8.20. The van der Waals surface area contributed by atoms with Gasteiger partial charge in [0, 0.05) is 11.1 Å². The number of anilines is 1. The molecule has 35 heavy (non-hydrogen) atoms. The Kier molecular flexibility index (Phi) is 4.96. The van der Waals surface area contributed by atoms with Gasteiger partial charge in [-0.25, -0.2) is 18.1 Å². The number of carbonyl (C=O) groups is 1. The van der Waals surface area contributed by atoms with Crippen LogP contribution in [0.4, 0.5) is 5.69 Å². The van der Waals surface area contributed by atoms with Gasteiger partial charge >= 0.3 is 0 Å². The molecule has 1 atom stereocenters. The molecule has 8 nitrogen and oxygen atoms in total. The van der Waals surface area contributed by atoms with E-state index in [4.69, 9.17) is 9.40 Å². The summed E-state index contributed by atoms with van der Waals surface area (Å²) in [6.07, 6.45) is 2.01. The number of benzene rings is 2. The van der Waals surface area contributed by atoms with Gasteiger partial charge in [-0.15, -0.1) is 0 Å². The highest BCUT2D eigenvalue weighted by molar-refractivity contribution is 7.91. The van der Waals surface area contributed by atoms with Crippen molar-refractivity contribution in [2.75, 3.05) is 16.8 Å². The van der Waals surface area contributed by atoms with Crippen LogP contribution in [-0.4, -0.2) is 40.6 Å². The molecule has 9 heteroatoms. The predicted octanol–water partition coefficient (Wildman–Crippen LogP) is 4.76. The molecule has 0 bridgehead atoms. The summed E-state index contributed by atoms with van der Waals surface area (Å²) in [7, 11) is -3.13. The van der Waals surface area contributed by atoms with Gasteiger partial charge in [-0.2, -0.15) is 5.10 Å². The van der Waals surface area contributed by atoms with Gasteiger partial charge < -0.3 is 9.73 Å². The van der Waals surface area contributed by atoms with Gasteiger partial charge in [0.25, 0.3) is 5.91 Å². The number of amides is 1. The summed E-state index contributed by atoms with van der Waals surface area (Å²) in [6.45, 7) is 1.81. The van der Waals surface area contributed by atoms with Crippen molar-refractivity contribution in [1.29, 1.82) is 0 Å². The molecule has 0 saturated carbocycles. The van der Waals surface area contributed by atoms with Crippen LogP contribution >= 0.6 is 0 Å². The fourth-order valence-corrected chi connectivity index (χ4v) is 6.48. The molecule has 1 N–H and O–H groups in total. The Labute approximate surface area is 201 Å².